The number of sulfonamides is 1. The molecule has 3 rings (SSSR count). The van der Waals surface area contributed by atoms with Crippen molar-refractivity contribution >= 4 is 33.6 Å². The second-order valence-corrected chi connectivity index (χ2v) is 8.24. The van der Waals surface area contributed by atoms with Crippen molar-refractivity contribution in [2.45, 2.75) is 23.8 Å². The number of rotatable bonds is 7. The molecule has 1 saturated carbocycles. The Kier molecular flexibility index (Phi) is 6.06. The van der Waals surface area contributed by atoms with Gasteiger partial charge in [-0.3, -0.25) is 9.52 Å². The van der Waals surface area contributed by atoms with E-state index in [4.69, 9.17) is 0 Å². The average Bonchev–Trinajstić information content (AvgIpc) is 3.56. The zero-order chi connectivity index (χ0) is 21.9. The van der Waals surface area contributed by atoms with Crippen molar-refractivity contribution in [2.75, 3.05) is 18.9 Å². The van der Waals surface area contributed by atoms with Crippen LogP contribution >= 0.6 is 0 Å². The van der Waals surface area contributed by atoms with Gasteiger partial charge in [0.25, 0.3) is 15.9 Å². The minimum Gasteiger partial charge on any atom is -0.465 e. The van der Waals surface area contributed by atoms with E-state index in [0.29, 0.717) is 0 Å². The maximum absolute atomic E-state index is 13.1. The molecule has 0 heterocycles. The molecule has 2 N–H and O–H groups in total. The summed E-state index contributed by atoms with van der Waals surface area (Å²) in [6.45, 7) is 0. The van der Waals surface area contributed by atoms with E-state index < -0.39 is 32.8 Å². The van der Waals surface area contributed by atoms with Crippen LogP contribution in [0.15, 0.2) is 47.4 Å². The number of nitrogens with one attached hydrogen (secondary N) is 2. The van der Waals surface area contributed by atoms with Crippen molar-refractivity contribution in [2.24, 2.45) is 0 Å². The molecule has 1 aliphatic rings. The van der Waals surface area contributed by atoms with Crippen LogP contribution in [0.3, 0.4) is 0 Å². The van der Waals surface area contributed by atoms with Gasteiger partial charge >= 0.3 is 11.9 Å². The standard InChI is InChI=1S/C20H20N2O7S/c1-28-19(24)12-7-10-15(20(25)29-2)17(11-12)30(26,27)22-16-6-4-3-5-14(16)18(23)21-13-8-9-13/h3-7,10-11,13,22H,8-9H2,1-2H3,(H,21,23). The average molecular weight is 432 g/mol. The summed E-state index contributed by atoms with van der Waals surface area (Å²) in [5, 5.41) is 2.80. The predicted octanol–water partition coefficient (Wildman–Crippen LogP) is 1.95. The van der Waals surface area contributed by atoms with Gasteiger partial charge in [0.05, 0.1) is 36.6 Å². The Bertz CT molecular complexity index is 1110. The van der Waals surface area contributed by atoms with E-state index in [0.717, 1.165) is 33.1 Å². The van der Waals surface area contributed by atoms with Crippen LogP contribution in [0.1, 0.15) is 43.9 Å². The van der Waals surface area contributed by atoms with Crippen LogP contribution in [0.2, 0.25) is 0 Å². The van der Waals surface area contributed by atoms with Crippen molar-refractivity contribution < 1.29 is 32.3 Å². The molecule has 10 heteroatoms. The Morgan fingerprint density at radius 3 is 2.23 bits per heavy atom. The maximum atomic E-state index is 13.1. The Balaban J connectivity index is 2.02. The van der Waals surface area contributed by atoms with Gasteiger partial charge in [-0.2, -0.15) is 0 Å². The minimum absolute atomic E-state index is 0.0370. The summed E-state index contributed by atoms with van der Waals surface area (Å²) < 4.78 is 37.8. The van der Waals surface area contributed by atoms with Crippen LogP contribution in [0.25, 0.3) is 0 Å². The van der Waals surface area contributed by atoms with E-state index in [1.807, 2.05) is 0 Å². The third-order valence-corrected chi connectivity index (χ3v) is 5.83. The number of carbonyl (C=O) groups excluding carboxylic acids is 3. The predicted molar refractivity (Wildman–Crippen MR) is 107 cm³/mol. The Hall–Kier alpha value is -3.40. The lowest BCUT2D eigenvalue weighted by atomic mass is 10.1. The number of methoxy groups -OCH3 is 2. The first-order valence-electron chi connectivity index (χ1n) is 9.00. The number of hydrogen-bond donors (Lipinski definition) is 2. The topological polar surface area (TPSA) is 128 Å². The quantitative estimate of drug-likeness (QED) is 0.640. The fourth-order valence-corrected chi connectivity index (χ4v) is 4.03. The van der Waals surface area contributed by atoms with E-state index in [-0.39, 0.29) is 28.4 Å². The lowest BCUT2D eigenvalue weighted by molar-refractivity contribution is 0.0583. The molecule has 158 valence electrons. The molecule has 2 aromatic carbocycles. The van der Waals surface area contributed by atoms with Crippen LogP contribution in [0.5, 0.6) is 0 Å². The molecule has 0 bridgehead atoms. The number of para-hydroxylation sites is 1. The number of esters is 2. The van der Waals surface area contributed by atoms with E-state index in [1.54, 1.807) is 12.1 Å². The van der Waals surface area contributed by atoms with Gasteiger partial charge in [-0.05, 0) is 43.2 Å². The normalized spacial score (nSPS) is 13.3. The summed E-state index contributed by atoms with van der Waals surface area (Å²) in [5.41, 5.74) is -0.158. The highest BCUT2D eigenvalue weighted by Crippen LogP contribution is 2.26. The summed E-state index contributed by atoms with van der Waals surface area (Å²) >= 11 is 0. The van der Waals surface area contributed by atoms with Gasteiger partial charge in [0.2, 0.25) is 0 Å². The number of carbonyl (C=O) groups is 3. The molecule has 0 atom stereocenters. The highest BCUT2D eigenvalue weighted by Gasteiger charge is 2.28. The largest absolute Gasteiger partial charge is 0.465 e. The van der Waals surface area contributed by atoms with Crippen molar-refractivity contribution in [1.29, 1.82) is 0 Å². The van der Waals surface area contributed by atoms with Crippen LogP contribution in [-0.2, 0) is 19.5 Å². The molecule has 0 radical (unpaired) electrons. The van der Waals surface area contributed by atoms with Gasteiger partial charge in [0, 0.05) is 6.04 Å². The smallest absolute Gasteiger partial charge is 0.339 e. The van der Waals surface area contributed by atoms with Crippen LogP contribution in [-0.4, -0.2) is 46.5 Å². The molecular weight excluding hydrogens is 412 g/mol. The highest BCUT2D eigenvalue weighted by atomic mass is 32.2. The summed E-state index contributed by atoms with van der Waals surface area (Å²) in [6.07, 6.45) is 1.75. The monoisotopic (exact) mass is 432 g/mol. The summed E-state index contributed by atoms with van der Waals surface area (Å²) in [4.78, 5) is 35.9. The van der Waals surface area contributed by atoms with Crippen LogP contribution in [0.4, 0.5) is 5.69 Å². The van der Waals surface area contributed by atoms with Crippen LogP contribution in [0, 0.1) is 0 Å². The fraction of sp³-hybridized carbons (Fsp3) is 0.250. The number of ether oxygens (including phenoxy) is 2. The van der Waals surface area contributed by atoms with E-state index >= 15 is 0 Å². The second-order valence-electron chi connectivity index (χ2n) is 6.59. The number of anilines is 1. The molecule has 1 fully saturated rings. The first kappa shape index (κ1) is 21.3. The van der Waals surface area contributed by atoms with Crippen molar-refractivity contribution in [3.05, 3.63) is 59.2 Å². The lowest BCUT2D eigenvalue weighted by Gasteiger charge is -2.15. The zero-order valence-corrected chi connectivity index (χ0v) is 17.1. The van der Waals surface area contributed by atoms with Gasteiger partial charge < -0.3 is 14.8 Å². The number of hydrogen-bond acceptors (Lipinski definition) is 7. The van der Waals surface area contributed by atoms with Crippen LogP contribution < -0.4 is 10.0 Å². The Morgan fingerprint density at radius 1 is 0.933 bits per heavy atom. The fourth-order valence-electron chi connectivity index (χ4n) is 2.73. The third kappa shape index (κ3) is 4.60. The first-order chi connectivity index (χ1) is 14.3. The molecule has 0 saturated heterocycles. The SMILES string of the molecule is COC(=O)c1ccc(C(=O)OC)c(S(=O)(=O)Nc2ccccc2C(=O)NC2CC2)c1. The second kappa shape index (κ2) is 8.54. The van der Waals surface area contributed by atoms with Gasteiger partial charge in [-0.15, -0.1) is 0 Å². The highest BCUT2D eigenvalue weighted by molar-refractivity contribution is 7.92. The lowest BCUT2D eigenvalue weighted by Crippen LogP contribution is -2.27. The first-order valence-corrected chi connectivity index (χ1v) is 10.5. The molecule has 2 aromatic rings. The van der Waals surface area contributed by atoms with E-state index in [2.05, 4.69) is 19.5 Å². The molecular formula is C20H20N2O7S. The molecule has 0 aromatic heterocycles. The minimum atomic E-state index is -4.37. The number of benzene rings is 2. The van der Waals surface area contributed by atoms with Gasteiger partial charge in [0.15, 0.2) is 0 Å². The Morgan fingerprint density at radius 2 is 1.60 bits per heavy atom. The molecule has 0 unspecified atom stereocenters. The van der Waals surface area contributed by atoms with E-state index in [9.17, 15) is 22.8 Å². The zero-order valence-electron chi connectivity index (χ0n) is 16.3. The maximum Gasteiger partial charge on any atom is 0.339 e. The third-order valence-electron chi connectivity index (χ3n) is 4.43. The molecule has 0 spiro atoms. The molecule has 1 amide bonds. The molecule has 1 aliphatic carbocycles. The van der Waals surface area contributed by atoms with Crippen molar-refractivity contribution in [3.63, 3.8) is 0 Å². The van der Waals surface area contributed by atoms with Crippen molar-refractivity contribution in [3.8, 4) is 0 Å². The van der Waals surface area contributed by atoms with Crippen molar-refractivity contribution in [1.82, 2.24) is 5.32 Å². The molecule has 30 heavy (non-hydrogen) atoms. The summed E-state index contributed by atoms with van der Waals surface area (Å²) in [7, 11) is -2.11. The number of amides is 1. The summed E-state index contributed by atoms with van der Waals surface area (Å²) in [5.74, 6) is -2.08. The Labute approximate surface area is 173 Å². The molecule has 0 aliphatic heterocycles. The van der Waals surface area contributed by atoms with Gasteiger partial charge in [-0.25, -0.2) is 18.0 Å². The van der Waals surface area contributed by atoms with E-state index in [1.165, 1.54) is 24.3 Å². The van der Waals surface area contributed by atoms with Gasteiger partial charge in [-0.1, -0.05) is 12.1 Å². The molecule has 9 nitrogen and oxygen atoms in total. The van der Waals surface area contributed by atoms with Gasteiger partial charge in [0.1, 0.15) is 4.90 Å². The summed E-state index contributed by atoms with van der Waals surface area (Å²) in [6, 6.07) is 9.63.